The molecule has 2 rings (SSSR count). The first-order chi connectivity index (χ1) is 10.5. The lowest BCUT2D eigenvalue weighted by Gasteiger charge is -2.10. The summed E-state index contributed by atoms with van der Waals surface area (Å²) in [5.41, 5.74) is 0.169. The van der Waals surface area contributed by atoms with Gasteiger partial charge in [0.15, 0.2) is 4.90 Å². The number of nitro benzene ring substituents is 1. The van der Waals surface area contributed by atoms with Crippen molar-refractivity contribution in [2.75, 3.05) is 7.11 Å². The van der Waals surface area contributed by atoms with Gasteiger partial charge in [-0.15, -0.1) is 0 Å². The zero-order valence-corrected chi connectivity index (χ0v) is 12.5. The quantitative estimate of drug-likeness (QED) is 0.648. The summed E-state index contributed by atoms with van der Waals surface area (Å²) in [6.45, 7) is -0.0294. The third-order valence-corrected chi connectivity index (χ3v) is 4.45. The van der Waals surface area contributed by atoms with Gasteiger partial charge in [0, 0.05) is 18.2 Å². The molecule has 2 aromatic carbocycles. The molecular formula is C14H14N2O5S. The van der Waals surface area contributed by atoms with E-state index in [0.717, 1.165) is 6.07 Å². The van der Waals surface area contributed by atoms with Crippen LogP contribution < -0.4 is 9.46 Å². The number of hydrogen-bond donors (Lipinski definition) is 1. The fourth-order valence-electron chi connectivity index (χ4n) is 1.93. The lowest BCUT2D eigenvalue weighted by atomic mass is 10.2. The molecule has 0 aromatic heterocycles. The molecule has 0 aliphatic heterocycles. The normalized spacial score (nSPS) is 11.1. The molecule has 0 amide bonds. The average Bonchev–Trinajstić information content (AvgIpc) is 2.53. The summed E-state index contributed by atoms with van der Waals surface area (Å²) in [5.74, 6) is 0.535. The van der Waals surface area contributed by atoms with Crippen LogP contribution in [-0.2, 0) is 16.6 Å². The molecule has 0 saturated carbocycles. The zero-order chi connectivity index (χ0) is 16.2. The number of ether oxygens (including phenoxy) is 1. The van der Waals surface area contributed by atoms with E-state index in [2.05, 4.69) is 4.72 Å². The molecule has 116 valence electrons. The van der Waals surface area contributed by atoms with Crippen molar-refractivity contribution >= 4 is 15.7 Å². The first-order valence-corrected chi connectivity index (χ1v) is 7.79. The Bertz CT molecular complexity index is 789. The van der Waals surface area contributed by atoms with Gasteiger partial charge in [0.1, 0.15) is 5.75 Å². The molecule has 7 nitrogen and oxygen atoms in total. The summed E-state index contributed by atoms with van der Waals surface area (Å²) in [4.78, 5) is 9.85. The lowest BCUT2D eigenvalue weighted by molar-refractivity contribution is -0.387. The van der Waals surface area contributed by atoms with E-state index in [1.807, 2.05) is 0 Å². The molecule has 0 spiro atoms. The van der Waals surface area contributed by atoms with Gasteiger partial charge in [0.25, 0.3) is 5.69 Å². The number of sulfonamides is 1. The number of nitro groups is 1. The maximum atomic E-state index is 12.3. The minimum atomic E-state index is -4.01. The Morgan fingerprint density at radius 1 is 1.14 bits per heavy atom. The van der Waals surface area contributed by atoms with Crippen LogP contribution in [0.25, 0.3) is 0 Å². The highest BCUT2D eigenvalue weighted by Crippen LogP contribution is 2.23. The topological polar surface area (TPSA) is 98.5 Å². The van der Waals surface area contributed by atoms with Gasteiger partial charge >= 0.3 is 0 Å². The van der Waals surface area contributed by atoms with Crippen molar-refractivity contribution in [3.8, 4) is 5.75 Å². The Labute approximate surface area is 127 Å². The van der Waals surface area contributed by atoms with Crippen LogP contribution >= 0.6 is 0 Å². The summed E-state index contributed by atoms with van der Waals surface area (Å²) in [6.07, 6.45) is 0. The summed E-state index contributed by atoms with van der Waals surface area (Å²) in [5, 5.41) is 10.9. The minimum absolute atomic E-state index is 0.0294. The van der Waals surface area contributed by atoms with Gasteiger partial charge in [0.05, 0.1) is 12.0 Å². The van der Waals surface area contributed by atoms with E-state index in [9.17, 15) is 18.5 Å². The van der Waals surface area contributed by atoms with E-state index in [0.29, 0.717) is 11.3 Å². The van der Waals surface area contributed by atoms with E-state index in [1.54, 1.807) is 24.3 Å². The third kappa shape index (κ3) is 3.41. The molecule has 0 heterocycles. The molecule has 0 atom stereocenters. The highest BCUT2D eigenvalue weighted by molar-refractivity contribution is 7.89. The molecule has 22 heavy (non-hydrogen) atoms. The molecule has 0 unspecified atom stereocenters. The highest BCUT2D eigenvalue weighted by atomic mass is 32.2. The molecular weight excluding hydrogens is 308 g/mol. The SMILES string of the molecule is COc1ccccc1CNS(=O)(=O)c1ccccc1[N+](=O)[O-]. The Balaban J connectivity index is 2.28. The van der Waals surface area contributed by atoms with Crippen LogP contribution in [0.1, 0.15) is 5.56 Å². The van der Waals surface area contributed by atoms with E-state index < -0.39 is 20.6 Å². The monoisotopic (exact) mass is 322 g/mol. The van der Waals surface area contributed by atoms with Crippen molar-refractivity contribution in [1.29, 1.82) is 0 Å². The van der Waals surface area contributed by atoms with Crippen LogP contribution in [0.2, 0.25) is 0 Å². The molecule has 0 aliphatic rings. The Morgan fingerprint density at radius 3 is 2.45 bits per heavy atom. The van der Waals surface area contributed by atoms with Crippen molar-refractivity contribution in [3.05, 3.63) is 64.2 Å². The van der Waals surface area contributed by atoms with Crippen molar-refractivity contribution in [3.63, 3.8) is 0 Å². The third-order valence-electron chi connectivity index (χ3n) is 3.00. The molecule has 0 saturated heterocycles. The largest absolute Gasteiger partial charge is 0.496 e. The van der Waals surface area contributed by atoms with Gasteiger partial charge in [-0.05, 0) is 12.1 Å². The maximum absolute atomic E-state index is 12.3. The molecule has 0 fully saturated rings. The molecule has 0 aliphatic carbocycles. The van der Waals surface area contributed by atoms with Crippen LogP contribution in [0.3, 0.4) is 0 Å². The fourth-order valence-corrected chi connectivity index (χ4v) is 3.11. The molecule has 0 radical (unpaired) electrons. The van der Waals surface area contributed by atoms with Gasteiger partial charge in [0.2, 0.25) is 10.0 Å². The number of hydrogen-bond acceptors (Lipinski definition) is 5. The van der Waals surface area contributed by atoms with E-state index >= 15 is 0 Å². The van der Waals surface area contributed by atoms with Crippen LogP contribution in [0, 0.1) is 10.1 Å². The standard InChI is InChI=1S/C14H14N2O5S/c1-21-13-8-4-2-6-11(13)10-15-22(19,20)14-9-5-3-7-12(14)16(17)18/h2-9,15H,10H2,1H3. The number of methoxy groups -OCH3 is 1. The summed E-state index contributed by atoms with van der Waals surface area (Å²) >= 11 is 0. The van der Waals surface area contributed by atoms with Crippen molar-refractivity contribution < 1.29 is 18.1 Å². The van der Waals surface area contributed by atoms with Gasteiger partial charge in [-0.25, -0.2) is 13.1 Å². The summed E-state index contributed by atoms with van der Waals surface area (Å²) in [6, 6.07) is 12.1. The average molecular weight is 322 g/mol. The van der Waals surface area contributed by atoms with Crippen LogP contribution in [-0.4, -0.2) is 20.5 Å². The molecule has 1 N–H and O–H groups in total. The Kier molecular flexibility index (Phi) is 4.74. The maximum Gasteiger partial charge on any atom is 0.289 e. The van der Waals surface area contributed by atoms with Gasteiger partial charge < -0.3 is 4.74 Å². The molecule has 2 aromatic rings. The van der Waals surface area contributed by atoms with Gasteiger partial charge in [-0.2, -0.15) is 0 Å². The number of para-hydroxylation sites is 2. The van der Waals surface area contributed by atoms with Crippen LogP contribution in [0.4, 0.5) is 5.69 Å². The number of nitrogens with one attached hydrogen (secondary N) is 1. The van der Waals surface area contributed by atoms with Crippen molar-refractivity contribution in [2.45, 2.75) is 11.4 Å². The van der Waals surface area contributed by atoms with Gasteiger partial charge in [-0.3, -0.25) is 10.1 Å². The fraction of sp³-hybridized carbons (Fsp3) is 0.143. The van der Waals surface area contributed by atoms with Gasteiger partial charge in [-0.1, -0.05) is 30.3 Å². The summed E-state index contributed by atoms with van der Waals surface area (Å²) < 4.78 is 32.0. The van der Waals surface area contributed by atoms with Crippen LogP contribution in [0.5, 0.6) is 5.75 Å². The van der Waals surface area contributed by atoms with Crippen LogP contribution in [0.15, 0.2) is 53.4 Å². The van der Waals surface area contributed by atoms with Crippen molar-refractivity contribution in [1.82, 2.24) is 4.72 Å². The van der Waals surface area contributed by atoms with E-state index in [-0.39, 0.29) is 11.4 Å². The molecule has 8 heteroatoms. The first-order valence-electron chi connectivity index (χ1n) is 6.30. The first kappa shape index (κ1) is 15.9. The Morgan fingerprint density at radius 2 is 1.77 bits per heavy atom. The predicted molar refractivity (Wildman–Crippen MR) is 80.1 cm³/mol. The van der Waals surface area contributed by atoms with Crippen molar-refractivity contribution in [2.24, 2.45) is 0 Å². The predicted octanol–water partition coefficient (Wildman–Crippen LogP) is 2.08. The second-order valence-corrected chi connectivity index (χ2v) is 6.10. The lowest BCUT2D eigenvalue weighted by Crippen LogP contribution is -2.24. The second-order valence-electron chi connectivity index (χ2n) is 4.36. The minimum Gasteiger partial charge on any atom is -0.496 e. The second kappa shape index (κ2) is 6.54. The molecule has 0 bridgehead atoms. The number of rotatable bonds is 6. The number of benzene rings is 2. The number of nitrogens with zero attached hydrogens (tertiary/aromatic N) is 1. The van der Waals surface area contributed by atoms with E-state index in [1.165, 1.54) is 25.3 Å². The summed E-state index contributed by atoms with van der Waals surface area (Å²) in [7, 11) is -2.52. The Hall–Kier alpha value is -2.45. The zero-order valence-electron chi connectivity index (χ0n) is 11.7. The smallest absolute Gasteiger partial charge is 0.289 e. The van der Waals surface area contributed by atoms with E-state index in [4.69, 9.17) is 4.74 Å². The highest BCUT2D eigenvalue weighted by Gasteiger charge is 2.24.